The van der Waals surface area contributed by atoms with E-state index in [9.17, 15) is 19.0 Å². The third-order valence-corrected chi connectivity index (χ3v) is 9.67. The molecular formula is C39H77NO6P+. The SMILES string of the molecule is CCCCCCCCC=CCCCCCCCC(=O)OP(=O)(O)OC(C[N+](C)(C)C)C(=O)CCCCCCCCCCCCCCC. The minimum absolute atomic E-state index is 0.0684. The Labute approximate surface area is 291 Å². The van der Waals surface area contributed by atoms with Crippen LogP contribution in [0.3, 0.4) is 0 Å². The van der Waals surface area contributed by atoms with Crippen molar-refractivity contribution in [3.05, 3.63) is 12.2 Å². The average Bonchev–Trinajstić information content (AvgIpc) is 2.99. The number of nitrogens with zero attached hydrogens (tertiary/aromatic N) is 1. The first kappa shape index (κ1) is 46.0. The van der Waals surface area contributed by atoms with Gasteiger partial charge in [-0.3, -0.25) is 19.0 Å². The lowest BCUT2D eigenvalue weighted by atomic mass is 10.0. The number of hydrogen-bond acceptors (Lipinski definition) is 5. The van der Waals surface area contributed by atoms with Crippen molar-refractivity contribution >= 4 is 19.6 Å². The van der Waals surface area contributed by atoms with Crippen LogP contribution in [0.25, 0.3) is 0 Å². The number of unbranched alkanes of at least 4 members (excludes halogenated alkanes) is 23. The second kappa shape index (κ2) is 31.0. The number of quaternary nitrogens is 1. The maximum absolute atomic E-state index is 13.0. The summed E-state index contributed by atoms with van der Waals surface area (Å²) in [7, 11) is 1.00. The maximum Gasteiger partial charge on any atom is 0.530 e. The van der Waals surface area contributed by atoms with Gasteiger partial charge in [0.2, 0.25) is 0 Å². The average molecular weight is 687 g/mol. The van der Waals surface area contributed by atoms with Crippen molar-refractivity contribution in [3.8, 4) is 0 Å². The maximum atomic E-state index is 13.0. The molecule has 0 fully saturated rings. The normalized spacial score (nSPS) is 14.0. The Morgan fingerprint density at radius 1 is 0.596 bits per heavy atom. The van der Waals surface area contributed by atoms with Crippen LogP contribution in [0.5, 0.6) is 0 Å². The number of carbonyl (C=O) groups is 2. The molecule has 2 unspecified atom stereocenters. The fourth-order valence-corrected chi connectivity index (χ4v) is 6.76. The number of carbonyl (C=O) groups excluding carboxylic acids is 2. The Morgan fingerprint density at radius 3 is 1.36 bits per heavy atom. The van der Waals surface area contributed by atoms with E-state index >= 15 is 0 Å². The van der Waals surface area contributed by atoms with E-state index in [1.807, 2.05) is 21.1 Å². The number of phosphoric acid groups is 1. The molecule has 278 valence electrons. The summed E-state index contributed by atoms with van der Waals surface area (Å²) in [6.45, 7) is 4.73. The first-order valence-electron chi connectivity index (χ1n) is 19.7. The Bertz CT molecular complexity index is 825. The van der Waals surface area contributed by atoms with Gasteiger partial charge >= 0.3 is 13.8 Å². The molecule has 0 bridgehead atoms. The molecule has 0 saturated heterocycles. The molecule has 7 nitrogen and oxygen atoms in total. The lowest BCUT2D eigenvalue weighted by molar-refractivity contribution is -0.872. The van der Waals surface area contributed by atoms with Gasteiger partial charge in [0.05, 0.1) is 21.1 Å². The van der Waals surface area contributed by atoms with Crippen LogP contribution in [-0.2, 0) is 23.2 Å². The summed E-state index contributed by atoms with van der Waals surface area (Å²) in [5, 5.41) is 0. The second-order valence-corrected chi connectivity index (χ2v) is 16.1. The molecule has 0 spiro atoms. The zero-order chi connectivity index (χ0) is 35.1. The van der Waals surface area contributed by atoms with Crippen molar-refractivity contribution in [3.63, 3.8) is 0 Å². The van der Waals surface area contributed by atoms with Gasteiger partial charge in [-0.1, -0.05) is 154 Å². The molecular weight excluding hydrogens is 609 g/mol. The molecule has 0 heterocycles. The highest BCUT2D eigenvalue weighted by Crippen LogP contribution is 2.45. The van der Waals surface area contributed by atoms with Crippen LogP contribution in [0.15, 0.2) is 12.2 Å². The van der Waals surface area contributed by atoms with E-state index in [2.05, 4.69) is 26.0 Å². The van der Waals surface area contributed by atoms with E-state index in [1.54, 1.807) is 0 Å². The van der Waals surface area contributed by atoms with Gasteiger partial charge in [-0.15, -0.1) is 0 Å². The van der Waals surface area contributed by atoms with Crippen LogP contribution in [0.2, 0.25) is 0 Å². The second-order valence-electron chi connectivity index (χ2n) is 14.8. The number of allylic oxidation sites excluding steroid dienone is 2. The van der Waals surface area contributed by atoms with Gasteiger partial charge in [0, 0.05) is 12.8 Å². The van der Waals surface area contributed by atoms with Crippen LogP contribution in [0.4, 0.5) is 0 Å². The molecule has 0 aromatic carbocycles. The van der Waals surface area contributed by atoms with Gasteiger partial charge in [0.25, 0.3) is 0 Å². The molecule has 0 aliphatic heterocycles. The third-order valence-electron chi connectivity index (χ3n) is 8.72. The van der Waals surface area contributed by atoms with Crippen LogP contribution in [-0.4, -0.2) is 54.9 Å². The Morgan fingerprint density at radius 2 is 0.957 bits per heavy atom. The van der Waals surface area contributed by atoms with E-state index in [0.717, 1.165) is 51.4 Å². The first-order chi connectivity index (χ1) is 22.5. The highest BCUT2D eigenvalue weighted by atomic mass is 31.2. The highest BCUT2D eigenvalue weighted by Gasteiger charge is 2.36. The smallest absolute Gasteiger partial charge is 0.371 e. The molecule has 2 atom stereocenters. The Hall–Kier alpha value is -1.01. The fourth-order valence-electron chi connectivity index (χ4n) is 5.87. The van der Waals surface area contributed by atoms with Crippen LogP contribution in [0.1, 0.15) is 194 Å². The summed E-state index contributed by atoms with van der Waals surface area (Å²) < 4.78 is 23.3. The van der Waals surface area contributed by atoms with Crippen molar-refractivity contribution < 1.29 is 32.6 Å². The molecule has 0 saturated carbocycles. The van der Waals surface area contributed by atoms with Crippen molar-refractivity contribution in [1.82, 2.24) is 0 Å². The number of hydrogen-bond donors (Lipinski definition) is 1. The van der Waals surface area contributed by atoms with Gasteiger partial charge < -0.3 is 9.01 Å². The molecule has 0 aromatic heterocycles. The number of Topliss-reactive ketones (excluding diaryl/α,β-unsaturated/α-hetero) is 1. The molecule has 8 heteroatoms. The van der Waals surface area contributed by atoms with Gasteiger partial charge in [-0.25, -0.2) is 4.57 Å². The fraction of sp³-hybridized carbons (Fsp3) is 0.897. The minimum Gasteiger partial charge on any atom is -0.371 e. The van der Waals surface area contributed by atoms with Crippen LogP contribution >= 0.6 is 7.82 Å². The molecule has 1 N–H and O–H groups in total. The number of rotatable bonds is 35. The molecule has 0 aliphatic carbocycles. The van der Waals surface area contributed by atoms with Crippen molar-refractivity contribution in [2.45, 2.75) is 200 Å². The van der Waals surface area contributed by atoms with Gasteiger partial charge in [-0.2, -0.15) is 0 Å². The van der Waals surface area contributed by atoms with E-state index < -0.39 is 19.9 Å². The Balaban J connectivity index is 4.16. The zero-order valence-electron chi connectivity index (χ0n) is 31.6. The van der Waals surface area contributed by atoms with Gasteiger partial charge in [-0.05, 0) is 38.5 Å². The number of likely N-dealkylation sites (N-methyl/N-ethyl adjacent to an activating group) is 1. The predicted octanol–water partition coefficient (Wildman–Crippen LogP) is 11.8. The number of ketones is 1. The predicted molar refractivity (Wildman–Crippen MR) is 198 cm³/mol. The largest absolute Gasteiger partial charge is 0.530 e. The first-order valence-corrected chi connectivity index (χ1v) is 21.2. The quantitative estimate of drug-likeness (QED) is 0.0309. The van der Waals surface area contributed by atoms with E-state index in [-0.39, 0.29) is 18.7 Å². The highest BCUT2D eigenvalue weighted by molar-refractivity contribution is 7.48. The summed E-state index contributed by atoms with van der Waals surface area (Å²) in [4.78, 5) is 35.6. The molecule has 0 aromatic rings. The van der Waals surface area contributed by atoms with Crippen LogP contribution < -0.4 is 0 Å². The third kappa shape index (κ3) is 33.3. The molecule has 0 rings (SSSR count). The monoisotopic (exact) mass is 687 g/mol. The number of phosphoric ester groups is 1. The summed E-state index contributed by atoms with van der Waals surface area (Å²) in [6, 6.07) is 0. The summed E-state index contributed by atoms with van der Waals surface area (Å²) >= 11 is 0. The molecule has 0 aliphatic rings. The van der Waals surface area contributed by atoms with Crippen LogP contribution in [0, 0.1) is 0 Å². The van der Waals surface area contributed by atoms with Gasteiger partial charge in [0.1, 0.15) is 6.54 Å². The van der Waals surface area contributed by atoms with Gasteiger partial charge in [0.15, 0.2) is 11.9 Å². The molecule has 0 amide bonds. The summed E-state index contributed by atoms with van der Waals surface area (Å²) in [5.41, 5.74) is 0. The van der Waals surface area contributed by atoms with Crippen molar-refractivity contribution in [2.24, 2.45) is 0 Å². The lowest BCUT2D eigenvalue weighted by Gasteiger charge is -2.29. The summed E-state index contributed by atoms with van der Waals surface area (Å²) in [5.74, 6) is -0.954. The summed E-state index contributed by atoms with van der Waals surface area (Å²) in [6.07, 6.45) is 34.8. The van der Waals surface area contributed by atoms with E-state index in [1.165, 1.54) is 109 Å². The van der Waals surface area contributed by atoms with E-state index in [4.69, 9.17) is 9.05 Å². The Kier molecular flexibility index (Phi) is 30.3. The zero-order valence-corrected chi connectivity index (χ0v) is 32.5. The topological polar surface area (TPSA) is 89.9 Å². The molecule has 0 radical (unpaired) electrons. The van der Waals surface area contributed by atoms with Crippen molar-refractivity contribution in [1.29, 1.82) is 0 Å². The standard InChI is InChI=1S/C39H76NO6P/c1-6-8-10-12-14-16-18-20-21-23-25-27-29-31-33-35-39(42)46-47(43,44)45-38(36-40(3,4)5)37(41)34-32-30-28-26-24-22-19-17-15-13-11-9-7-2/h20-21,38H,6-19,22-36H2,1-5H3/p+1. The lowest BCUT2D eigenvalue weighted by Crippen LogP contribution is -2.45. The van der Waals surface area contributed by atoms with Crippen molar-refractivity contribution in [2.75, 3.05) is 27.7 Å². The van der Waals surface area contributed by atoms with E-state index in [0.29, 0.717) is 17.3 Å². The molecule has 47 heavy (non-hydrogen) atoms. The minimum atomic E-state index is -4.69.